The molecule has 0 radical (unpaired) electrons. The van der Waals surface area contributed by atoms with E-state index in [1.165, 1.54) is 11.8 Å². The average Bonchev–Trinajstić information content (AvgIpc) is 2.94. The fourth-order valence-corrected chi connectivity index (χ4v) is 2.22. The van der Waals surface area contributed by atoms with Crippen LogP contribution in [-0.2, 0) is 4.79 Å². The van der Waals surface area contributed by atoms with Crippen molar-refractivity contribution in [3.63, 3.8) is 0 Å². The predicted octanol–water partition coefficient (Wildman–Crippen LogP) is 2.38. The third-order valence-corrected chi connectivity index (χ3v) is 3.58. The highest BCUT2D eigenvalue weighted by molar-refractivity contribution is 8.00. The lowest BCUT2D eigenvalue weighted by Gasteiger charge is -2.11. The Bertz CT molecular complexity index is 586. The number of pyridine rings is 1. The van der Waals surface area contributed by atoms with E-state index in [9.17, 15) is 4.79 Å². The van der Waals surface area contributed by atoms with Gasteiger partial charge in [-0.15, -0.1) is 10.2 Å². The molecular weight excluding hydrogens is 288 g/mol. The van der Waals surface area contributed by atoms with Crippen LogP contribution in [0.25, 0.3) is 11.5 Å². The minimum Gasteiger partial charge on any atom is -0.411 e. The quantitative estimate of drug-likeness (QED) is 0.825. The molecule has 2 rings (SSSR count). The van der Waals surface area contributed by atoms with Crippen LogP contribution in [0.4, 0.5) is 0 Å². The maximum absolute atomic E-state index is 11.9. The van der Waals surface area contributed by atoms with E-state index in [0.29, 0.717) is 23.6 Å². The molecule has 1 amide bonds. The third-order valence-electron chi connectivity index (χ3n) is 2.65. The summed E-state index contributed by atoms with van der Waals surface area (Å²) in [5, 5.41) is 10.9. The van der Waals surface area contributed by atoms with E-state index in [1.807, 2.05) is 13.0 Å². The standard InChI is InChI=1S/C14H18N4O2S/c1-9(2)7-16-12(19)10(3)21-14-18-17-13(20-14)11-5-4-6-15-8-11/h4-6,8-10H,7H2,1-3H3,(H,16,19)/t10-/m1/s1. The Labute approximate surface area is 127 Å². The lowest BCUT2D eigenvalue weighted by atomic mass is 10.2. The maximum atomic E-state index is 11.9. The number of rotatable bonds is 6. The van der Waals surface area contributed by atoms with E-state index in [0.717, 1.165) is 5.56 Å². The minimum absolute atomic E-state index is 0.0326. The molecule has 21 heavy (non-hydrogen) atoms. The van der Waals surface area contributed by atoms with E-state index in [4.69, 9.17) is 4.42 Å². The normalized spacial score (nSPS) is 12.4. The van der Waals surface area contributed by atoms with Crippen molar-refractivity contribution in [2.75, 3.05) is 6.54 Å². The molecule has 0 aliphatic heterocycles. The number of hydrogen-bond acceptors (Lipinski definition) is 6. The molecule has 2 aromatic rings. The van der Waals surface area contributed by atoms with Gasteiger partial charge in [-0.25, -0.2) is 0 Å². The van der Waals surface area contributed by atoms with Gasteiger partial charge in [0.2, 0.25) is 11.8 Å². The Hall–Kier alpha value is -1.89. The number of amides is 1. The van der Waals surface area contributed by atoms with Crippen molar-refractivity contribution in [2.45, 2.75) is 31.2 Å². The zero-order valence-corrected chi connectivity index (χ0v) is 13.1. The Kier molecular flexibility index (Phi) is 5.32. The van der Waals surface area contributed by atoms with Crippen molar-refractivity contribution in [3.8, 4) is 11.5 Å². The van der Waals surface area contributed by atoms with Crippen molar-refractivity contribution in [3.05, 3.63) is 24.5 Å². The van der Waals surface area contributed by atoms with Crippen LogP contribution in [0, 0.1) is 5.92 Å². The molecule has 2 heterocycles. The molecule has 0 bridgehead atoms. The number of nitrogens with zero attached hydrogens (tertiary/aromatic N) is 3. The van der Waals surface area contributed by atoms with E-state index >= 15 is 0 Å². The van der Waals surface area contributed by atoms with Crippen LogP contribution in [-0.4, -0.2) is 32.9 Å². The molecule has 7 heteroatoms. The number of aromatic nitrogens is 3. The van der Waals surface area contributed by atoms with Gasteiger partial charge in [0.15, 0.2) is 0 Å². The van der Waals surface area contributed by atoms with Crippen molar-refractivity contribution in [1.82, 2.24) is 20.5 Å². The van der Waals surface area contributed by atoms with Crippen LogP contribution in [0.3, 0.4) is 0 Å². The fraction of sp³-hybridized carbons (Fsp3) is 0.429. The van der Waals surface area contributed by atoms with Gasteiger partial charge in [-0.05, 0) is 25.0 Å². The van der Waals surface area contributed by atoms with Crippen molar-refractivity contribution >= 4 is 17.7 Å². The Morgan fingerprint density at radius 3 is 2.86 bits per heavy atom. The van der Waals surface area contributed by atoms with Crippen LogP contribution < -0.4 is 5.32 Å². The summed E-state index contributed by atoms with van der Waals surface area (Å²) >= 11 is 1.25. The smallest absolute Gasteiger partial charge is 0.277 e. The minimum atomic E-state index is -0.286. The highest BCUT2D eigenvalue weighted by atomic mass is 32.2. The first-order valence-corrected chi connectivity index (χ1v) is 7.62. The van der Waals surface area contributed by atoms with E-state index in [1.54, 1.807) is 18.5 Å². The summed E-state index contributed by atoms with van der Waals surface area (Å²) in [5.74, 6) is 0.793. The summed E-state index contributed by atoms with van der Waals surface area (Å²) in [5.41, 5.74) is 0.758. The molecule has 112 valence electrons. The molecule has 0 fully saturated rings. The van der Waals surface area contributed by atoms with E-state index < -0.39 is 0 Å². The van der Waals surface area contributed by atoms with Crippen molar-refractivity contribution < 1.29 is 9.21 Å². The zero-order chi connectivity index (χ0) is 15.2. The summed E-state index contributed by atoms with van der Waals surface area (Å²) in [6, 6.07) is 3.64. The number of carbonyl (C=O) groups is 1. The lowest BCUT2D eigenvalue weighted by Crippen LogP contribution is -2.33. The first kappa shape index (κ1) is 15.5. The van der Waals surface area contributed by atoms with Crippen LogP contribution >= 0.6 is 11.8 Å². The average molecular weight is 306 g/mol. The van der Waals surface area contributed by atoms with Gasteiger partial charge in [0.25, 0.3) is 5.22 Å². The van der Waals surface area contributed by atoms with Crippen LogP contribution in [0.1, 0.15) is 20.8 Å². The highest BCUT2D eigenvalue weighted by Crippen LogP contribution is 2.25. The zero-order valence-electron chi connectivity index (χ0n) is 12.2. The second kappa shape index (κ2) is 7.21. The Morgan fingerprint density at radius 1 is 1.38 bits per heavy atom. The van der Waals surface area contributed by atoms with Crippen molar-refractivity contribution in [1.29, 1.82) is 0 Å². The number of carbonyl (C=O) groups excluding carboxylic acids is 1. The first-order valence-electron chi connectivity index (χ1n) is 6.74. The molecular formula is C14H18N4O2S. The second-order valence-corrected chi connectivity index (χ2v) is 6.31. The van der Waals surface area contributed by atoms with Gasteiger partial charge in [0.05, 0.1) is 10.8 Å². The monoisotopic (exact) mass is 306 g/mol. The molecule has 6 nitrogen and oxygen atoms in total. The van der Waals surface area contributed by atoms with Gasteiger partial charge in [-0.2, -0.15) is 0 Å². The molecule has 0 unspecified atom stereocenters. The SMILES string of the molecule is CC(C)CNC(=O)[C@@H](C)Sc1nnc(-c2cccnc2)o1. The van der Waals surface area contributed by atoms with Gasteiger partial charge in [-0.3, -0.25) is 9.78 Å². The summed E-state index contributed by atoms with van der Waals surface area (Å²) in [4.78, 5) is 15.9. The van der Waals surface area contributed by atoms with Gasteiger partial charge in [0.1, 0.15) is 0 Å². The first-order chi connectivity index (χ1) is 10.1. The topological polar surface area (TPSA) is 80.9 Å². The third kappa shape index (κ3) is 4.56. The number of nitrogens with one attached hydrogen (secondary N) is 1. The van der Waals surface area contributed by atoms with E-state index in [-0.39, 0.29) is 11.2 Å². The van der Waals surface area contributed by atoms with Gasteiger partial charge in [0, 0.05) is 18.9 Å². The lowest BCUT2D eigenvalue weighted by molar-refractivity contribution is -0.120. The summed E-state index contributed by atoms with van der Waals surface area (Å²) < 4.78 is 5.54. The molecule has 0 aliphatic rings. The Morgan fingerprint density at radius 2 is 2.19 bits per heavy atom. The molecule has 0 aliphatic carbocycles. The van der Waals surface area contributed by atoms with Crippen LogP contribution in [0.15, 0.2) is 34.2 Å². The molecule has 0 spiro atoms. The van der Waals surface area contributed by atoms with Crippen LogP contribution in [0.2, 0.25) is 0 Å². The molecule has 2 aromatic heterocycles. The molecule has 0 aromatic carbocycles. The summed E-state index contributed by atoms with van der Waals surface area (Å²) in [6.45, 7) is 6.58. The number of thioether (sulfide) groups is 1. The molecule has 1 atom stereocenters. The second-order valence-electron chi connectivity index (χ2n) is 5.01. The van der Waals surface area contributed by atoms with E-state index in [2.05, 4.69) is 34.3 Å². The van der Waals surface area contributed by atoms with Gasteiger partial charge < -0.3 is 9.73 Å². The number of hydrogen-bond donors (Lipinski definition) is 1. The predicted molar refractivity (Wildman–Crippen MR) is 80.7 cm³/mol. The largest absolute Gasteiger partial charge is 0.411 e. The highest BCUT2D eigenvalue weighted by Gasteiger charge is 2.18. The molecule has 0 saturated heterocycles. The van der Waals surface area contributed by atoms with Crippen molar-refractivity contribution in [2.24, 2.45) is 5.92 Å². The fourth-order valence-electron chi connectivity index (χ4n) is 1.52. The maximum Gasteiger partial charge on any atom is 0.277 e. The van der Waals surface area contributed by atoms with Gasteiger partial charge in [-0.1, -0.05) is 25.6 Å². The molecule has 1 N–H and O–H groups in total. The summed E-state index contributed by atoms with van der Waals surface area (Å²) in [7, 11) is 0. The Balaban J connectivity index is 1.95. The summed E-state index contributed by atoms with van der Waals surface area (Å²) in [6.07, 6.45) is 3.33. The molecule has 0 saturated carbocycles. The van der Waals surface area contributed by atoms with Gasteiger partial charge >= 0.3 is 0 Å². The van der Waals surface area contributed by atoms with Crippen LogP contribution in [0.5, 0.6) is 0 Å².